The Bertz CT molecular complexity index is 617. The van der Waals surface area contributed by atoms with Gasteiger partial charge in [0.25, 0.3) is 5.91 Å². The van der Waals surface area contributed by atoms with Crippen molar-refractivity contribution in [3.63, 3.8) is 0 Å². The normalized spacial score (nSPS) is 10.2. The quantitative estimate of drug-likeness (QED) is 0.918. The number of nitrogens with one attached hydrogen (secondary N) is 1. The molecule has 0 fully saturated rings. The monoisotopic (exact) mass is 290 g/mol. The number of amides is 1. The number of nitrogens with zero attached hydrogens (tertiary/aromatic N) is 1. The van der Waals surface area contributed by atoms with Gasteiger partial charge in [0.15, 0.2) is 11.6 Å². The van der Waals surface area contributed by atoms with Gasteiger partial charge in [-0.3, -0.25) is 4.79 Å². The molecule has 1 amide bonds. The van der Waals surface area contributed by atoms with Crippen molar-refractivity contribution < 1.29 is 13.6 Å². The van der Waals surface area contributed by atoms with Crippen molar-refractivity contribution in [2.75, 3.05) is 25.0 Å². The lowest BCUT2D eigenvalue weighted by molar-refractivity contribution is 0.0949. The van der Waals surface area contributed by atoms with Gasteiger partial charge in [-0.1, -0.05) is 24.3 Å². The molecule has 0 heterocycles. The van der Waals surface area contributed by atoms with Gasteiger partial charge in [-0.05, 0) is 24.3 Å². The molecule has 0 unspecified atom stereocenters. The summed E-state index contributed by atoms with van der Waals surface area (Å²) in [5, 5.41) is 2.58. The molecule has 0 aliphatic rings. The van der Waals surface area contributed by atoms with Crippen LogP contribution in [0.25, 0.3) is 0 Å². The van der Waals surface area contributed by atoms with Gasteiger partial charge in [-0.15, -0.1) is 0 Å². The maximum Gasteiger partial charge on any atom is 0.254 e. The van der Waals surface area contributed by atoms with E-state index in [1.54, 1.807) is 0 Å². The molecule has 0 spiro atoms. The topological polar surface area (TPSA) is 32.3 Å². The first-order chi connectivity index (χ1) is 10.1. The fraction of sp³-hybridized carbons (Fsp3) is 0.188. The van der Waals surface area contributed by atoms with Crippen molar-refractivity contribution >= 4 is 11.6 Å². The molecule has 5 heteroatoms. The summed E-state index contributed by atoms with van der Waals surface area (Å²) in [7, 11) is 1.89. The summed E-state index contributed by atoms with van der Waals surface area (Å²) in [4.78, 5) is 13.8. The molecule has 0 aromatic heterocycles. The number of benzene rings is 2. The lowest BCUT2D eigenvalue weighted by Crippen LogP contribution is -2.33. The number of likely N-dealkylation sites (N-methyl/N-ethyl adjacent to an activating group) is 1. The minimum Gasteiger partial charge on any atom is -0.373 e. The number of carbonyl (C=O) groups excluding carboxylic acids is 1. The van der Waals surface area contributed by atoms with E-state index >= 15 is 0 Å². The zero-order chi connectivity index (χ0) is 15.2. The number of hydrogen-bond donors (Lipinski definition) is 1. The fourth-order valence-electron chi connectivity index (χ4n) is 1.92. The van der Waals surface area contributed by atoms with Crippen molar-refractivity contribution in [1.29, 1.82) is 0 Å². The zero-order valence-electron chi connectivity index (χ0n) is 11.6. The van der Waals surface area contributed by atoms with Crippen LogP contribution in [0.4, 0.5) is 14.5 Å². The molecule has 21 heavy (non-hydrogen) atoms. The first-order valence-corrected chi connectivity index (χ1v) is 6.58. The van der Waals surface area contributed by atoms with Crippen molar-refractivity contribution in [2.24, 2.45) is 0 Å². The van der Waals surface area contributed by atoms with Crippen molar-refractivity contribution in [3.05, 3.63) is 65.7 Å². The lowest BCUT2D eigenvalue weighted by Gasteiger charge is -2.19. The highest BCUT2D eigenvalue weighted by atomic mass is 19.2. The van der Waals surface area contributed by atoms with Gasteiger partial charge < -0.3 is 10.2 Å². The minimum atomic E-state index is -1.12. The Hall–Kier alpha value is -2.43. The Balaban J connectivity index is 1.89. The van der Waals surface area contributed by atoms with Crippen LogP contribution in [0, 0.1) is 11.6 Å². The highest BCUT2D eigenvalue weighted by molar-refractivity contribution is 5.94. The Morgan fingerprint density at radius 3 is 2.52 bits per heavy atom. The van der Waals surface area contributed by atoms with E-state index in [-0.39, 0.29) is 5.56 Å². The van der Waals surface area contributed by atoms with E-state index in [0.29, 0.717) is 13.1 Å². The molecule has 1 N–H and O–H groups in total. The maximum absolute atomic E-state index is 13.5. The number of rotatable bonds is 5. The van der Waals surface area contributed by atoms with Crippen LogP contribution in [0.1, 0.15) is 10.4 Å². The molecule has 3 nitrogen and oxygen atoms in total. The first kappa shape index (κ1) is 15.0. The van der Waals surface area contributed by atoms with Gasteiger partial charge in [0.2, 0.25) is 0 Å². The third kappa shape index (κ3) is 3.78. The van der Waals surface area contributed by atoms with Crippen LogP contribution in [0.15, 0.2) is 48.5 Å². The van der Waals surface area contributed by atoms with Gasteiger partial charge in [0, 0.05) is 25.8 Å². The largest absolute Gasteiger partial charge is 0.373 e. The van der Waals surface area contributed by atoms with E-state index in [0.717, 1.165) is 11.8 Å². The summed E-state index contributed by atoms with van der Waals surface area (Å²) in [6.07, 6.45) is 0. The predicted octanol–water partition coefficient (Wildman–Crippen LogP) is 2.83. The number of para-hydroxylation sites is 1. The minimum absolute atomic E-state index is 0.280. The summed E-state index contributed by atoms with van der Waals surface area (Å²) < 4.78 is 26.5. The Labute approximate surface area is 122 Å². The molecule has 0 saturated carbocycles. The van der Waals surface area contributed by atoms with Crippen molar-refractivity contribution in [1.82, 2.24) is 5.32 Å². The van der Waals surface area contributed by atoms with E-state index < -0.39 is 17.5 Å². The molecule has 0 radical (unpaired) electrons. The van der Waals surface area contributed by atoms with Gasteiger partial charge in [-0.2, -0.15) is 0 Å². The lowest BCUT2D eigenvalue weighted by atomic mass is 10.2. The summed E-state index contributed by atoms with van der Waals surface area (Å²) in [6, 6.07) is 13.2. The van der Waals surface area contributed by atoms with Crippen molar-refractivity contribution in [2.45, 2.75) is 0 Å². The Morgan fingerprint density at radius 2 is 1.81 bits per heavy atom. The average Bonchev–Trinajstić information content (AvgIpc) is 2.50. The highest BCUT2D eigenvalue weighted by Gasteiger charge is 2.14. The van der Waals surface area contributed by atoms with Gasteiger partial charge in [0.1, 0.15) is 0 Å². The molecule has 2 aromatic carbocycles. The smallest absolute Gasteiger partial charge is 0.254 e. The summed E-state index contributed by atoms with van der Waals surface area (Å²) in [5.74, 6) is -2.76. The molecular weight excluding hydrogens is 274 g/mol. The van der Waals surface area contributed by atoms with Crippen LogP contribution in [0.5, 0.6) is 0 Å². The molecule has 0 atom stereocenters. The second-order valence-corrected chi connectivity index (χ2v) is 4.61. The fourth-order valence-corrected chi connectivity index (χ4v) is 1.92. The summed E-state index contributed by atoms with van der Waals surface area (Å²) >= 11 is 0. The number of carbonyl (C=O) groups is 1. The SMILES string of the molecule is CN(CCNC(=O)c1cccc(F)c1F)c1ccccc1. The van der Waals surface area contributed by atoms with E-state index in [9.17, 15) is 13.6 Å². The highest BCUT2D eigenvalue weighted by Crippen LogP contribution is 2.12. The average molecular weight is 290 g/mol. The molecule has 0 aliphatic carbocycles. The molecule has 110 valence electrons. The van der Waals surface area contributed by atoms with Crippen LogP contribution < -0.4 is 10.2 Å². The summed E-state index contributed by atoms with van der Waals surface area (Å²) in [5.41, 5.74) is 0.737. The first-order valence-electron chi connectivity index (χ1n) is 6.58. The van der Waals surface area contributed by atoms with E-state index in [2.05, 4.69) is 5.32 Å². The second kappa shape index (κ2) is 6.83. The van der Waals surface area contributed by atoms with E-state index in [1.807, 2.05) is 42.3 Å². The standard InChI is InChI=1S/C16H16F2N2O/c1-20(12-6-3-2-4-7-12)11-10-19-16(21)13-8-5-9-14(17)15(13)18/h2-9H,10-11H2,1H3,(H,19,21). The molecule has 0 aliphatic heterocycles. The third-order valence-corrected chi connectivity index (χ3v) is 3.13. The van der Waals surface area contributed by atoms with E-state index in [1.165, 1.54) is 12.1 Å². The van der Waals surface area contributed by atoms with E-state index in [4.69, 9.17) is 0 Å². The zero-order valence-corrected chi connectivity index (χ0v) is 11.6. The molecule has 0 bridgehead atoms. The Morgan fingerprint density at radius 1 is 1.10 bits per heavy atom. The Kier molecular flexibility index (Phi) is 4.87. The number of hydrogen-bond acceptors (Lipinski definition) is 2. The molecule has 2 rings (SSSR count). The van der Waals surface area contributed by atoms with Gasteiger partial charge in [-0.25, -0.2) is 8.78 Å². The van der Waals surface area contributed by atoms with Crippen LogP contribution in [0.2, 0.25) is 0 Å². The molecular formula is C16H16F2N2O. The van der Waals surface area contributed by atoms with Gasteiger partial charge >= 0.3 is 0 Å². The maximum atomic E-state index is 13.5. The predicted molar refractivity (Wildman–Crippen MR) is 78.4 cm³/mol. The molecule has 0 saturated heterocycles. The van der Waals surface area contributed by atoms with Crippen LogP contribution in [-0.2, 0) is 0 Å². The van der Waals surface area contributed by atoms with Crippen LogP contribution in [0.3, 0.4) is 0 Å². The molecule has 2 aromatic rings. The van der Waals surface area contributed by atoms with Gasteiger partial charge in [0.05, 0.1) is 5.56 Å². The van der Waals surface area contributed by atoms with Crippen molar-refractivity contribution in [3.8, 4) is 0 Å². The van der Waals surface area contributed by atoms with Crippen LogP contribution in [-0.4, -0.2) is 26.0 Å². The number of anilines is 1. The van der Waals surface area contributed by atoms with Crippen LogP contribution >= 0.6 is 0 Å². The second-order valence-electron chi connectivity index (χ2n) is 4.61. The number of halogens is 2. The summed E-state index contributed by atoms with van der Waals surface area (Å²) in [6.45, 7) is 0.896. The third-order valence-electron chi connectivity index (χ3n) is 3.13.